The highest BCUT2D eigenvalue weighted by molar-refractivity contribution is 9.10. The number of hydrogen-bond donors (Lipinski definition) is 1. The van der Waals surface area contributed by atoms with Gasteiger partial charge in [0, 0.05) is 29.8 Å². The monoisotopic (exact) mass is 298 g/mol. The molecule has 0 aromatic heterocycles. The lowest BCUT2D eigenvalue weighted by Crippen LogP contribution is -2.46. The Morgan fingerprint density at radius 2 is 2.35 bits per heavy atom. The van der Waals surface area contributed by atoms with Gasteiger partial charge >= 0.3 is 0 Å². The summed E-state index contributed by atoms with van der Waals surface area (Å²) in [5.41, 5.74) is 2.56. The van der Waals surface area contributed by atoms with E-state index in [4.69, 9.17) is 4.74 Å². The Labute approximate surface area is 111 Å². The Hall–Kier alpha value is -0.580. The zero-order chi connectivity index (χ0) is 12.3. The van der Waals surface area contributed by atoms with Crippen molar-refractivity contribution in [2.24, 2.45) is 0 Å². The SMILES string of the molecule is CNCC1CN(c2ccc(Br)c(C)c2)CCO1. The van der Waals surface area contributed by atoms with Gasteiger partial charge in [-0.2, -0.15) is 0 Å². The molecule has 17 heavy (non-hydrogen) atoms. The highest BCUT2D eigenvalue weighted by Crippen LogP contribution is 2.24. The molecule has 0 bridgehead atoms. The van der Waals surface area contributed by atoms with Gasteiger partial charge in [-0.1, -0.05) is 15.9 Å². The van der Waals surface area contributed by atoms with Crippen molar-refractivity contribution >= 4 is 21.6 Å². The van der Waals surface area contributed by atoms with Crippen LogP contribution in [-0.4, -0.2) is 39.4 Å². The lowest BCUT2D eigenvalue weighted by Gasteiger charge is -2.34. The minimum atomic E-state index is 0.290. The highest BCUT2D eigenvalue weighted by atomic mass is 79.9. The van der Waals surface area contributed by atoms with Crippen LogP contribution in [0.5, 0.6) is 0 Å². The first-order chi connectivity index (χ1) is 8.20. The molecule has 1 heterocycles. The van der Waals surface area contributed by atoms with Crippen molar-refractivity contribution in [1.82, 2.24) is 5.32 Å². The second-order valence-electron chi connectivity index (χ2n) is 4.43. The topological polar surface area (TPSA) is 24.5 Å². The lowest BCUT2D eigenvalue weighted by molar-refractivity contribution is 0.0422. The third-order valence-electron chi connectivity index (χ3n) is 3.08. The molecular weight excluding hydrogens is 280 g/mol. The quantitative estimate of drug-likeness (QED) is 0.926. The van der Waals surface area contributed by atoms with Gasteiger partial charge in [0.25, 0.3) is 0 Å². The number of morpholine rings is 1. The number of benzene rings is 1. The van der Waals surface area contributed by atoms with Crippen molar-refractivity contribution in [1.29, 1.82) is 0 Å². The number of ether oxygens (including phenoxy) is 1. The largest absolute Gasteiger partial charge is 0.373 e. The van der Waals surface area contributed by atoms with Gasteiger partial charge in [0.1, 0.15) is 0 Å². The Morgan fingerprint density at radius 1 is 1.53 bits per heavy atom. The molecule has 1 aliphatic heterocycles. The predicted molar refractivity (Wildman–Crippen MR) is 74.8 cm³/mol. The van der Waals surface area contributed by atoms with Gasteiger partial charge in [0.15, 0.2) is 0 Å². The Morgan fingerprint density at radius 3 is 3.06 bits per heavy atom. The van der Waals surface area contributed by atoms with Gasteiger partial charge in [0.2, 0.25) is 0 Å². The maximum Gasteiger partial charge on any atom is 0.0874 e. The Bertz CT molecular complexity index is 382. The molecule has 0 radical (unpaired) electrons. The molecule has 1 fully saturated rings. The summed E-state index contributed by atoms with van der Waals surface area (Å²) in [6.45, 7) is 5.77. The number of nitrogens with one attached hydrogen (secondary N) is 1. The van der Waals surface area contributed by atoms with E-state index in [1.54, 1.807) is 0 Å². The summed E-state index contributed by atoms with van der Waals surface area (Å²) in [7, 11) is 1.96. The number of likely N-dealkylation sites (N-methyl/N-ethyl adjacent to an activating group) is 1. The molecule has 1 unspecified atom stereocenters. The van der Waals surface area contributed by atoms with Gasteiger partial charge in [-0.3, -0.25) is 0 Å². The standard InChI is InChI=1S/C13H19BrN2O/c1-10-7-11(3-4-13(10)14)16-5-6-17-12(9-16)8-15-2/h3-4,7,12,15H,5-6,8-9H2,1-2H3. The van der Waals surface area contributed by atoms with Crippen molar-refractivity contribution in [3.63, 3.8) is 0 Å². The van der Waals surface area contributed by atoms with Crippen LogP contribution in [-0.2, 0) is 4.74 Å². The minimum Gasteiger partial charge on any atom is -0.373 e. The van der Waals surface area contributed by atoms with E-state index in [0.717, 1.165) is 26.2 Å². The fraction of sp³-hybridized carbons (Fsp3) is 0.538. The van der Waals surface area contributed by atoms with Crippen LogP contribution >= 0.6 is 15.9 Å². The van der Waals surface area contributed by atoms with Gasteiger partial charge in [-0.15, -0.1) is 0 Å². The van der Waals surface area contributed by atoms with E-state index in [1.807, 2.05) is 7.05 Å². The molecule has 0 amide bonds. The Kier molecular flexibility index (Phi) is 4.42. The third-order valence-corrected chi connectivity index (χ3v) is 3.97. The van der Waals surface area contributed by atoms with Crippen molar-refractivity contribution in [2.45, 2.75) is 13.0 Å². The molecule has 1 aromatic carbocycles. The van der Waals surface area contributed by atoms with Crippen LogP contribution in [0.2, 0.25) is 0 Å². The molecule has 1 aliphatic rings. The molecule has 3 nitrogen and oxygen atoms in total. The second kappa shape index (κ2) is 5.85. The summed E-state index contributed by atoms with van der Waals surface area (Å²) in [6, 6.07) is 6.51. The summed E-state index contributed by atoms with van der Waals surface area (Å²) < 4.78 is 6.88. The van der Waals surface area contributed by atoms with Crippen LogP contribution in [0.1, 0.15) is 5.56 Å². The van der Waals surface area contributed by atoms with E-state index < -0.39 is 0 Å². The molecule has 94 valence electrons. The van der Waals surface area contributed by atoms with E-state index in [0.29, 0.717) is 0 Å². The summed E-state index contributed by atoms with van der Waals surface area (Å²) >= 11 is 3.54. The van der Waals surface area contributed by atoms with Gasteiger partial charge in [-0.05, 0) is 37.7 Å². The minimum absolute atomic E-state index is 0.290. The number of aryl methyl sites for hydroxylation is 1. The molecule has 0 spiro atoms. The number of nitrogens with zero attached hydrogens (tertiary/aromatic N) is 1. The summed E-state index contributed by atoms with van der Waals surface area (Å²) in [6.07, 6.45) is 0.290. The molecule has 0 saturated carbocycles. The fourth-order valence-electron chi connectivity index (χ4n) is 2.13. The van der Waals surface area contributed by atoms with Crippen LogP contribution < -0.4 is 10.2 Å². The van der Waals surface area contributed by atoms with Crippen molar-refractivity contribution in [3.8, 4) is 0 Å². The fourth-order valence-corrected chi connectivity index (χ4v) is 2.38. The number of halogens is 1. The molecular formula is C13H19BrN2O. The first-order valence-corrected chi connectivity index (χ1v) is 6.77. The van der Waals surface area contributed by atoms with Crippen LogP contribution in [0.15, 0.2) is 22.7 Å². The molecule has 1 atom stereocenters. The van der Waals surface area contributed by atoms with E-state index in [1.165, 1.54) is 15.7 Å². The smallest absolute Gasteiger partial charge is 0.0874 e. The Balaban J connectivity index is 2.08. The van der Waals surface area contributed by atoms with Crippen molar-refractivity contribution in [3.05, 3.63) is 28.2 Å². The van der Waals surface area contributed by atoms with Crippen LogP contribution in [0.3, 0.4) is 0 Å². The van der Waals surface area contributed by atoms with Crippen LogP contribution in [0, 0.1) is 6.92 Å². The highest BCUT2D eigenvalue weighted by Gasteiger charge is 2.20. The van der Waals surface area contributed by atoms with Gasteiger partial charge < -0.3 is 15.0 Å². The lowest BCUT2D eigenvalue weighted by atomic mass is 10.2. The molecule has 0 aliphatic carbocycles. The molecule has 1 saturated heterocycles. The second-order valence-corrected chi connectivity index (χ2v) is 5.28. The van der Waals surface area contributed by atoms with Crippen LogP contribution in [0.4, 0.5) is 5.69 Å². The summed E-state index contributed by atoms with van der Waals surface area (Å²) in [5, 5.41) is 3.17. The summed E-state index contributed by atoms with van der Waals surface area (Å²) in [5.74, 6) is 0. The van der Waals surface area contributed by atoms with E-state index in [2.05, 4.69) is 51.3 Å². The zero-order valence-corrected chi connectivity index (χ0v) is 12.0. The van der Waals surface area contributed by atoms with E-state index >= 15 is 0 Å². The van der Waals surface area contributed by atoms with Crippen molar-refractivity contribution in [2.75, 3.05) is 38.2 Å². The molecule has 1 aromatic rings. The van der Waals surface area contributed by atoms with Crippen molar-refractivity contribution < 1.29 is 4.74 Å². The molecule has 2 rings (SSSR count). The average molecular weight is 299 g/mol. The maximum absolute atomic E-state index is 5.71. The number of anilines is 1. The average Bonchev–Trinajstić information content (AvgIpc) is 2.33. The third kappa shape index (κ3) is 3.21. The summed E-state index contributed by atoms with van der Waals surface area (Å²) in [4.78, 5) is 2.39. The first kappa shape index (κ1) is 12.9. The molecule has 4 heteroatoms. The van der Waals surface area contributed by atoms with Crippen LogP contribution in [0.25, 0.3) is 0 Å². The van der Waals surface area contributed by atoms with Gasteiger partial charge in [-0.25, -0.2) is 0 Å². The first-order valence-electron chi connectivity index (χ1n) is 5.98. The zero-order valence-electron chi connectivity index (χ0n) is 10.4. The van der Waals surface area contributed by atoms with E-state index in [9.17, 15) is 0 Å². The number of hydrogen-bond acceptors (Lipinski definition) is 3. The number of rotatable bonds is 3. The molecule has 1 N–H and O–H groups in total. The normalized spacial score (nSPS) is 20.6. The van der Waals surface area contributed by atoms with Gasteiger partial charge in [0.05, 0.1) is 12.7 Å². The maximum atomic E-state index is 5.71. The van der Waals surface area contributed by atoms with E-state index in [-0.39, 0.29) is 6.10 Å². The predicted octanol–water partition coefficient (Wildman–Crippen LogP) is 2.18.